The summed E-state index contributed by atoms with van der Waals surface area (Å²) in [5.41, 5.74) is 7.33. The molecule has 0 fully saturated rings. The Labute approximate surface area is 232 Å². The number of fused-ring (bicyclic) bond motifs is 3. The van der Waals surface area contributed by atoms with Gasteiger partial charge in [0.25, 0.3) is 0 Å². The molecule has 5 aromatic rings. The van der Waals surface area contributed by atoms with Gasteiger partial charge in [-0.25, -0.2) is 4.79 Å². The second-order valence-electron chi connectivity index (χ2n) is 9.38. The molecule has 186 valence electrons. The third-order valence-corrected chi connectivity index (χ3v) is 8.32. The average molecular weight is 535 g/mol. The van der Waals surface area contributed by atoms with Crippen LogP contribution in [0.15, 0.2) is 127 Å². The van der Waals surface area contributed by atoms with Crippen LogP contribution in [-0.2, 0) is 9.61 Å². The highest BCUT2D eigenvalue weighted by Crippen LogP contribution is 2.47. The molecular weight excluding hydrogens is 511 g/mol. The van der Waals surface area contributed by atoms with Gasteiger partial charge in [-0.2, -0.15) is 0 Å². The molecule has 0 aliphatic heterocycles. The Morgan fingerprint density at radius 1 is 0.658 bits per heavy atom. The summed E-state index contributed by atoms with van der Waals surface area (Å²) in [5.74, 6) is -0.507. The third-order valence-electron chi connectivity index (χ3n) is 7.28. The Morgan fingerprint density at radius 3 is 1.71 bits per heavy atom. The Morgan fingerprint density at radius 2 is 1.16 bits per heavy atom. The van der Waals surface area contributed by atoms with Crippen LogP contribution in [0.25, 0.3) is 11.1 Å². The molecule has 0 saturated heterocycles. The molecule has 0 aromatic heterocycles. The molecule has 0 atom stereocenters. The molecular formula is C34H24Cl2O2. The smallest absolute Gasteiger partial charge is 0.339 e. The van der Waals surface area contributed by atoms with Crippen LogP contribution in [0.1, 0.15) is 44.1 Å². The summed E-state index contributed by atoms with van der Waals surface area (Å²) in [6, 6.07) is 41.4. The van der Waals surface area contributed by atoms with Crippen LogP contribution in [0, 0.1) is 0 Å². The number of halogens is 2. The molecule has 0 saturated carbocycles. The second kappa shape index (κ2) is 10.1. The van der Waals surface area contributed by atoms with Gasteiger partial charge in [0.1, 0.15) is 11.5 Å². The van der Waals surface area contributed by atoms with E-state index in [2.05, 4.69) is 24.3 Å². The van der Waals surface area contributed by atoms with Gasteiger partial charge in [0.05, 0.1) is 10.6 Å². The van der Waals surface area contributed by atoms with Gasteiger partial charge in [0.15, 0.2) is 0 Å². The zero-order valence-corrected chi connectivity index (χ0v) is 22.0. The first-order valence-electron chi connectivity index (χ1n) is 12.5. The van der Waals surface area contributed by atoms with E-state index in [-0.39, 0.29) is 17.5 Å². The molecule has 0 N–H and O–H groups in total. The van der Waals surface area contributed by atoms with E-state index >= 15 is 0 Å². The molecule has 1 aliphatic rings. The highest BCUT2D eigenvalue weighted by molar-refractivity contribution is 6.37. The van der Waals surface area contributed by atoms with E-state index in [1.807, 2.05) is 91.0 Å². The lowest BCUT2D eigenvalue weighted by Gasteiger charge is -2.30. The van der Waals surface area contributed by atoms with E-state index in [1.165, 1.54) is 11.1 Å². The lowest BCUT2D eigenvalue weighted by atomic mass is 9.83. The molecule has 0 unspecified atom stereocenters. The van der Waals surface area contributed by atoms with Crippen LogP contribution in [0.3, 0.4) is 0 Å². The van der Waals surface area contributed by atoms with E-state index in [9.17, 15) is 4.79 Å². The van der Waals surface area contributed by atoms with Crippen molar-refractivity contribution in [1.29, 1.82) is 0 Å². The summed E-state index contributed by atoms with van der Waals surface area (Å²) in [7, 11) is 0. The lowest BCUT2D eigenvalue weighted by Crippen LogP contribution is -2.24. The van der Waals surface area contributed by atoms with Gasteiger partial charge in [-0.15, -0.1) is 11.6 Å². The zero-order chi connectivity index (χ0) is 26.1. The maximum Gasteiger partial charge on any atom is 0.339 e. The molecule has 1 aliphatic carbocycles. The minimum Gasteiger partial charge on any atom is -0.461 e. The monoisotopic (exact) mass is 534 g/mol. The highest BCUT2D eigenvalue weighted by Gasteiger charge is 2.37. The maximum absolute atomic E-state index is 13.4. The second-order valence-corrected chi connectivity index (χ2v) is 10.3. The molecule has 0 amide bonds. The fraction of sp³-hybridized carbons (Fsp3) is 0.0882. The number of rotatable bonds is 6. The third kappa shape index (κ3) is 4.11. The van der Waals surface area contributed by atoms with Gasteiger partial charge in [-0.05, 0) is 39.4 Å². The zero-order valence-electron chi connectivity index (χ0n) is 20.5. The standard InChI is InChI=1S/C34H24Cl2O2/c35-32-29(33(37)38-22-30-27-18-9-7-16-25(27)26-17-8-10-19-28(26)30)20-11-21-31(32)34(36,23-12-3-1-4-13-23)24-14-5-2-6-15-24/h1-21,30H,22H2. The van der Waals surface area contributed by atoms with E-state index < -0.39 is 10.8 Å². The topological polar surface area (TPSA) is 26.3 Å². The first-order chi connectivity index (χ1) is 18.6. The predicted octanol–water partition coefficient (Wildman–Crippen LogP) is 8.84. The van der Waals surface area contributed by atoms with E-state index in [0.29, 0.717) is 11.1 Å². The van der Waals surface area contributed by atoms with Gasteiger partial charge in [0, 0.05) is 11.5 Å². The lowest BCUT2D eigenvalue weighted by molar-refractivity contribution is 0.0493. The maximum atomic E-state index is 13.4. The Kier molecular flexibility index (Phi) is 6.53. The van der Waals surface area contributed by atoms with Crippen molar-refractivity contribution in [2.75, 3.05) is 6.61 Å². The summed E-state index contributed by atoms with van der Waals surface area (Å²) in [4.78, 5) is 12.4. The summed E-state index contributed by atoms with van der Waals surface area (Å²) in [5, 5.41) is 0.285. The minimum atomic E-state index is -1.08. The van der Waals surface area contributed by atoms with Crippen molar-refractivity contribution < 1.29 is 9.53 Å². The normalized spacial score (nSPS) is 12.6. The van der Waals surface area contributed by atoms with Crippen LogP contribution in [0.5, 0.6) is 0 Å². The van der Waals surface area contributed by atoms with Crippen LogP contribution in [0.4, 0.5) is 0 Å². The summed E-state index contributed by atoms with van der Waals surface area (Å²) in [6.45, 7) is 0.219. The van der Waals surface area contributed by atoms with Gasteiger partial charge < -0.3 is 4.74 Å². The predicted molar refractivity (Wildman–Crippen MR) is 154 cm³/mol. The van der Waals surface area contributed by atoms with Crippen molar-refractivity contribution in [3.63, 3.8) is 0 Å². The molecule has 0 bridgehead atoms. The van der Waals surface area contributed by atoms with E-state index in [1.54, 1.807) is 12.1 Å². The first-order valence-corrected chi connectivity index (χ1v) is 13.3. The number of benzene rings is 5. The summed E-state index contributed by atoms with van der Waals surface area (Å²) in [6.07, 6.45) is 0. The number of alkyl halides is 1. The fourth-order valence-electron chi connectivity index (χ4n) is 5.45. The van der Waals surface area contributed by atoms with Crippen molar-refractivity contribution in [1.82, 2.24) is 0 Å². The van der Waals surface area contributed by atoms with Crippen molar-refractivity contribution in [2.45, 2.75) is 10.8 Å². The fourth-order valence-corrected chi connectivity index (χ4v) is 6.25. The van der Waals surface area contributed by atoms with Crippen LogP contribution in [0.2, 0.25) is 5.02 Å². The van der Waals surface area contributed by atoms with E-state index in [0.717, 1.165) is 22.3 Å². The number of esters is 1. The molecule has 2 nitrogen and oxygen atoms in total. The molecule has 5 aromatic carbocycles. The van der Waals surface area contributed by atoms with E-state index in [4.69, 9.17) is 27.9 Å². The quantitative estimate of drug-likeness (QED) is 0.123. The number of hydrogen-bond acceptors (Lipinski definition) is 2. The molecule has 0 radical (unpaired) electrons. The van der Waals surface area contributed by atoms with Crippen LogP contribution in [-0.4, -0.2) is 12.6 Å². The van der Waals surface area contributed by atoms with Crippen molar-refractivity contribution in [3.8, 4) is 11.1 Å². The number of carbonyl (C=O) groups excluding carboxylic acids is 1. The van der Waals surface area contributed by atoms with Crippen molar-refractivity contribution in [2.24, 2.45) is 0 Å². The van der Waals surface area contributed by atoms with Crippen molar-refractivity contribution in [3.05, 3.63) is 166 Å². The minimum absolute atomic E-state index is 0.0333. The largest absolute Gasteiger partial charge is 0.461 e. The summed E-state index contributed by atoms with van der Waals surface area (Å²) < 4.78 is 5.92. The number of carbonyl (C=O) groups is 1. The molecule has 4 heteroatoms. The highest BCUT2D eigenvalue weighted by atomic mass is 35.5. The summed E-state index contributed by atoms with van der Waals surface area (Å²) >= 11 is 14.4. The number of hydrogen-bond donors (Lipinski definition) is 0. The number of ether oxygens (including phenoxy) is 1. The Bertz CT molecular complexity index is 1530. The Hall–Kier alpha value is -3.85. The molecule has 0 heterocycles. The average Bonchev–Trinajstić information content (AvgIpc) is 3.30. The Balaban J connectivity index is 1.34. The van der Waals surface area contributed by atoms with Crippen LogP contribution >= 0.6 is 23.2 Å². The molecule has 0 spiro atoms. The van der Waals surface area contributed by atoms with Gasteiger partial charge >= 0.3 is 5.97 Å². The van der Waals surface area contributed by atoms with Gasteiger partial charge in [0.2, 0.25) is 0 Å². The van der Waals surface area contributed by atoms with Crippen LogP contribution < -0.4 is 0 Å². The first kappa shape index (κ1) is 24.5. The SMILES string of the molecule is O=C(OCC1c2ccccc2-c2ccccc21)c1cccc(C(Cl)(c2ccccc2)c2ccccc2)c1Cl. The van der Waals surface area contributed by atoms with Gasteiger partial charge in [-0.1, -0.05) is 133 Å². The molecule has 38 heavy (non-hydrogen) atoms. The van der Waals surface area contributed by atoms with Gasteiger partial charge in [-0.3, -0.25) is 0 Å². The van der Waals surface area contributed by atoms with Crippen molar-refractivity contribution >= 4 is 29.2 Å². The molecule has 6 rings (SSSR count).